The van der Waals surface area contributed by atoms with Gasteiger partial charge in [-0.15, -0.1) is 0 Å². The first-order valence-electron chi connectivity index (χ1n) is 23.1. The van der Waals surface area contributed by atoms with Gasteiger partial charge in [0.2, 0.25) is 5.95 Å². The largest absolute Gasteiger partial charge is 0.308 e. The van der Waals surface area contributed by atoms with Crippen LogP contribution in [0.2, 0.25) is 0 Å². The molecule has 0 saturated heterocycles. The fraction of sp³-hybridized carbons (Fsp3) is 0. The Balaban J connectivity index is 1.35. The molecule has 0 aliphatic carbocycles. The van der Waals surface area contributed by atoms with Gasteiger partial charge in [-0.05, 0) is 40.9 Å². The molecule has 0 radical (unpaired) electrons. The minimum atomic E-state index is -0.547. The van der Waals surface area contributed by atoms with Crippen LogP contribution >= 0.6 is 0 Å². The first-order chi connectivity index (χ1) is 32.0. The number of rotatable bonds is 6. The van der Waals surface area contributed by atoms with E-state index >= 15 is 0 Å². The quantitative estimate of drug-likeness (QED) is 0.171. The molecule has 262 valence electrons. The second-order valence-corrected chi connectivity index (χ2v) is 13.3. The van der Waals surface area contributed by atoms with E-state index < -0.39 is 54.4 Å². The van der Waals surface area contributed by atoms with Gasteiger partial charge >= 0.3 is 0 Å². The zero-order valence-electron chi connectivity index (χ0n) is 39.5. The topological polar surface area (TPSA) is 48.5 Å². The van der Waals surface area contributed by atoms with Gasteiger partial charge in [-0.3, -0.25) is 4.57 Å². The Morgan fingerprint density at radius 1 is 0.375 bits per heavy atom. The average molecular weight is 726 g/mol. The van der Waals surface area contributed by atoms with Gasteiger partial charge in [-0.2, -0.15) is 9.97 Å². The fourth-order valence-corrected chi connectivity index (χ4v) is 7.55. The first kappa shape index (κ1) is 23.2. The summed E-state index contributed by atoms with van der Waals surface area (Å²) < 4.78 is 96.1. The highest BCUT2D eigenvalue weighted by atomic mass is 15.2. The van der Waals surface area contributed by atoms with Crippen LogP contribution in [0.15, 0.2) is 200 Å². The van der Waals surface area contributed by atoms with E-state index in [1.165, 1.54) is 4.57 Å². The standard InChI is InChI=1S/C51H33N5/c1-4-16-34(17-5-1)35-28-30-38(31-29-35)50-52-49(37-20-8-3-9-21-37)53-51(54-50)56-45-27-15-12-24-42(45)47-46(56)33-32-41-40-23-11-14-26-44(40)55(48(41)47)43-25-13-10-22-39(43)36-18-6-2-7-19-36/h1-33H/i11D,12D,14D,15D,23D,24D,26D,27D,32D,33D. The Morgan fingerprint density at radius 3 is 1.59 bits per heavy atom. The van der Waals surface area contributed by atoms with Crippen molar-refractivity contribution in [3.63, 3.8) is 0 Å². The molecule has 3 heterocycles. The van der Waals surface area contributed by atoms with Crippen molar-refractivity contribution in [2.45, 2.75) is 0 Å². The molecule has 56 heavy (non-hydrogen) atoms. The lowest BCUT2D eigenvalue weighted by molar-refractivity contribution is 0.953. The van der Waals surface area contributed by atoms with Gasteiger partial charge in [0.15, 0.2) is 11.6 Å². The van der Waals surface area contributed by atoms with Crippen molar-refractivity contribution < 1.29 is 13.7 Å². The number of aromatic nitrogens is 5. The average Bonchev–Trinajstić information content (AvgIpc) is 3.91. The highest BCUT2D eigenvalue weighted by Gasteiger charge is 2.23. The van der Waals surface area contributed by atoms with E-state index in [4.69, 9.17) is 20.4 Å². The van der Waals surface area contributed by atoms with Crippen LogP contribution in [-0.2, 0) is 0 Å². The number of hydrogen-bond donors (Lipinski definition) is 0. The third kappa shape index (κ3) is 5.13. The van der Waals surface area contributed by atoms with Gasteiger partial charge in [0, 0.05) is 38.2 Å². The van der Waals surface area contributed by atoms with E-state index in [0.717, 1.165) is 16.7 Å². The van der Waals surface area contributed by atoms with Gasteiger partial charge in [-0.25, -0.2) is 4.98 Å². The Bertz CT molecular complexity index is 3800. The van der Waals surface area contributed by atoms with Crippen LogP contribution in [0.4, 0.5) is 0 Å². The molecular weight excluding hydrogens is 683 g/mol. The summed E-state index contributed by atoms with van der Waals surface area (Å²) in [4.78, 5) is 14.9. The van der Waals surface area contributed by atoms with Crippen molar-refractivity contribution in [1.29, 1.82) is 0 Å². The normalized spacial score (nSPS) is 14.1. The van der Waals surface area contributed by atoms with Crippen molar-refractivity contribution in [3.8, 4) is 56.7 Å². The highest BCUT2D eigenvalue weighted by Crippen LogP contribution is 2.43. The summed E-state index contributed by atoms with van der Waals surface area (Å²) in [6, 6.07) is 39.0. The Morgan fingerprint density at radius 2 is 0.893 bits per heavy atom. The van der Waals surface area contributed by atoms with E-state index in [1.807, 2.05) is 127 Å². The van der Waals surface area contributed by atoms with E-state index in [2.05, 4.69) is 0 Å². The van der Waals surface area contributed by atoms with Crippen molar-refractivity contribution in [2.24, 2.45) is 0 Å². The van der Waals surface area contributed by atoms with Gasteiger partial charge in [0.05, 0.1) is 41.5 Å². The van der Waals surface area contributed by atoms with E-state index in [9.17, 15) is 8.22 Å². The summed E-state index contributed by atoms with van der Waals surface area (Å²) in [5.74, 6) is 0.397. The molecule has 0 bridgehead atoms. The molecule has 0 atom stereocenters. The van der Waals surface area contributed by atoms with Gasteiger partial charge in [0.1, 0.15) is 0 Å². The van der Waals surface area contributed by atoms with Crippen molar-refractivity contribution in [2.75, 3.05) is 0 Å². The number of benzene rings is 8. The zero-order valence-corrected chi connectivity index (χ0v) is 29.5. The van der Waals surface area contributed by atoms with Gasteiger partial charge < -0.3 is 4.57 Å². The monoisotopic (exact) mass is 725 g/mol. The van der Waals surface area contributed by atoms with Gasteiger partial charge in [-0.1, -0.05) is 176 Å². The van der Waals surface area contributed by atoms with Crippen LogP contribution in [0.25, 0.3) is 100 Å². The van der Waals surface area contributed by atoms with Crippen LogP contribution in [0.3, 0.4) is 0 Å². The number of fused-ring (bicyclic) bond motifs is 7. The molecule has 0 aliphatic rings. The van der Waals surface area contributed by atoms with Crippen LogP contribution in [0, 0.1) is 0 Å². The predicted molar refractivity (Wildman–Crippen MR) is 230 cm³/mol. The number of nitrogens with zero attached hydrogens (tertiary/aromatic N) is 5. The minimum Gasteiger partial charge on any atom is -0.308 e. The van der Waals surface area contributed by atoms with E-state index in [1.54, 1.807) is 16.7 Å². The summed E-state index contributed by atoms with van der Waals surface area (Å²) in [6.07, 6.45) is 0. The molecule has 0 fully saturated rings. The Labute approximate surface area is 337 Å². The summed E-state index contributed by atoms with van der Waals surface area (Å²) in [7, 11) is 0. The molecule has 5 heteroatoms. The maximum absolute atomic E-state index is 9.87. The lowest BCUT2D eigenvalue weighted by atomic mass is 10.0. The highest BCUT2D eigenvalue weighted by molar-refractivity contribution is 6.26. The summed E-state index contributed by atoms with van der Waals surface area (Å²) in [5, 5.41) is 0.109. The number of hydrogen-bond acceptors (Lipinski definition) is 3. The van der Waals surface area contributed by atoms with Crippen LogP contribution in [0.5, 0.6) is 0 Å². The Kier molecular flexibility index (Phi) is 5.41. The third-order valence-corrected chi connectivity index (χ3v) is 10.1. The maximum Gasteiger partial charge on any atom is 0.238 e. The SMILES string of the molecule is [2H]c1c([2H])c([2H])c2c(c1[2H])c1c(c([2H])c([2H])c3c4c([2H])c([2H])c([2H])c([2H])c4n(-c4ccccc4-c4ccccc4)c31)n2-c1nc(-c2ccccc2)nc(-c2ccc(-c3ccccc3)cc2)n1. The van der Waals surface area contributed by atoms with Crippen molar-refractivity contribution in [3.05, 3.63) is 200 Å². The minimum absolute atomic E-state index is 0.00578. The second-order valence-electron chi connectivity index (χ2n) is 13.3. The first-order valence-corrected chi connectivity index (χ1v) is 18.1. The van der Waals surface area contributed by atoms with Crippen LogP contribution in [0.1, 0.15) is 13.7 Å². The van der Waals surface area contributed by atoms with E-state index in [-0.39, 0.29) is 67.3 Å². The van der Waals surface area contributed by atoms with E-state index in [0.29, 0.717) is 22.4 Å². The lowest BCUT2D eigenvalue weighted by Crippen LogP contribution is -2.06. The molecule has 5 nitrogen and oxygen atoms in total. The second kappa shape index (κ2) is 13.0. The molecule has 0 unspecified atom stereocenters. The molecule has 8 aromatic carbocycles. The molecule has 11 rings (SSSR count). The lowest BCUT2D eigenvalue weighted by Gasteiger charge is -2.15. The maximum atomic E-state index is 9.87. The molecule has 11 aromatic rings. The molecule has 0 saturated carbocycles. The van der Waals surface area contributed by atoms with Crippen LogP contribution in [-0.4, -0.2) is 24.1 Å². The third-order valence-electron chi connectivity index (χ3n) is 10.1. The van der Waals surface area contributed by atoms with Crippen LogP contribution < -0.4 is 0 Å². The Hall–Kier alpha value is -7.63. The molecule has 0 N–H and O–H groups in total. The van der Waals surface area contributed by atoms with Crippen molar-refractivity contribution in [1.82, 2.24) is 24.1 Å². The fourth-order valence-electron chi connectivity index (χ4n) is 7.55. The molecule has 0 spiro atoms. The van der Waals surface area contributed by atoms with Crippen molar-refractivity contribution >= 4 is 43.6 Å². The smallest absolute Gasteiger partial charge is 0.238 e. The van der Waals surface area contributed by atoms with Gasteiger partial charge in [0.25, 0.3) is 0 Å². The summed E-state index contributed by atoms with van der Waals surface area (Å²) in [6.45, 7) is 0. The molecule has 0 aliphatic heterocycles. The molecule has 0 amide bonds. The zero-order chi connectivity index (χ0) is 45.7. The predicted octanol–water partition coefficient (Wildman–Crippen LogP) is 12.7. The molecular formula is C51H33N5. The molecule has 3 aromatic heterocycles. The number of para-hydroxylation sites is 3. The summed E-state index contributed by atoms with van der Waals surface area (Å²) in [5.41, 5.74) is 5.26. The summed E-state index contributed by atoms with van der Waals surface area (Å²) >= 11 is 0.